The van der Waals surface area contributed by atoms with Gasteiger partial charge in [0, 0.05) is 18.1 Å². The first-order valence-electron chi connectivity index (χ1n) is 8.86. The van der Waals surface area contributed by atoms with Crippen molar-refractivity contribution in [3.8, 4) is 22.8 Å². The molecule has 0 atom stereocenters. The molecule has 0 aliphatic carbocycles. The van der Waals surface area contributed by atoms with Gasteiger partial charge >= 0.3 is 0 Å². The molecule has 8 heteroatoms. The predicted octanol–water partition coefficient (Wildman–Crippen LogP) is 3.26. The van der Waals surface area contributed by atoms with Gasteiger partial charge in [-0.3, -0.25) is 9.48 Å². The summed E-state index contributed by atoms with van der Waals surface area (Å²) < 4.78 is 1.70. The maximum Gasteiger partial charge on any atom is 0.269 e. The third-order valence-electron chi connectivity index (χ3n) is 4.87. The van der Waals surface area contributed by atoms with Gasteiger partial charge in [0.2, 0.25) is 0 Å². The van der Waals surface area contributed by atoms with E-state index in [1.807, 2.05) is 31.2 Å². The van der Waals surface area contributed by atoms with Gasteiger partial charge in [0.25, 0.3) is 5.91 Å². The van der Waals surface area contributed by atoms with Gasteiger partial charge in [-0.05, 0) is 30.7 Å². The number of pyridine rings is 1. The van der Waals surface area contributed by atoms with E-state index < -0.39 is 0 Å². The van der Waals surface area contributed by atoms with E-state index in [1.165, 1.54) is 0 Å². The largest absolute Gasteiger partial charge is 0.349 e. The van der Waals surface area contributed by atoms with Crippen LogP contribution in [0.4, 0.5) is 0 Å². The highest BCUT2D eigenvalue weighted by Gasteiger charge is 2.21. The number of para-hydroxylation sites is 1. The molecule has 138 valence electrons. The molecule has 0 saturated heterocycles. The van der Waals surface area contributed by atoms with E-state index in [0.717, 1.165) is 16.5 Å². The summed E-state index contributed by atoms with van der Waals surface area (Å²) in [7, 11) is 0. The SMILES string of the molecule is Cc1c(-c2nccc(-c3cc4n(n3)CCNC4=O)n2)c(Cl)nc2ccccc12. The Balaban J connectivity index is 1.64. The van der Waals surface area contributed by atoms with Crippen molar-refractivity contribution >= 4 is 28.4 Å². The van der Waals surface area contributed by atoms with Crippen molar-refractivity contribution in [2.75, 3.05) is 6.54 Å². The van der Waals surface area contributed by atoms with E-state index >= 15 is 0 Å². The van der Waals surface area contributed by atoms with E-state index in [0.29, 0.717) is 46.7 Å². The number of halogens is 1. The number of nitrogens with zero attached hydrogens (tertiary/aromatic N) is 5. The second-order valence-electron chi connectivity index (χ2n) is 6.58. The van der Waals surface area contributed by atoms with Gasteiger partial charge in [0.05, 0.1) is 23.3 Å². The first-order valence-corrected chi connectivity index (χ1v) is 9.24. The molecule has 4 heterocycles. The second kappa shape index (κ2) is 6.38. The molecule has 5 rings (SSSR count). The van der Waals surface area contributed by atoms with Crippen LogP contribution >= 0.6 is 11.6 Å². The number of carbonyl (C=O) groups excluding carboxylic acids is 1. The second-order valence-corrected chi connectivity index (χ2v) is 6.94. The average Bonchev–Trinajstić information content (AvgIpc) is 3.14. The van der Waals surface area contributed by atoms with Crippen molar-refractivity contribution < 1.29 is 4.79 Å². The number of rotatable bonds is 2. The first kappa shape index (κ1) is 16.8. The number of hydrogen-bond acceptors (Lipinski definition) is 5. The van der Waals surface area contributed by atoms with Crippen molar-refractivity contribution in [1.29, 1.82) is 0 Å². The summed E-state index contributed by atoms with van der Waals surface area (Å²) in [5.41, 5.74) is 4.28. The fourth-order valence-corrected chi connectivity index (χ4v) is 3.80. The Morgan fingerprint density at radius 3 is 2.86 bits per heavy atom. The molecule has 1 N–H and O–H groups in total. The lowest BCUT2D eigenvalue weighted by atomic mass is 10.0. The third-order valence-corrected chi connectivity index (χ3v) is 5.14. The summed E-state index contributed by atoms with van der Waals surface area (Å²) in [6, 6.07) is 11.3. The number of benzene rings is 1. The fraction of sp³-hybridized carbons (Fsp3) is 0.150. The van der Waals surface area contributed by atoms with Gasteiger partial charge in [0.1, 0.15) is 16.5 Å². The van der Waals surface area contributed by atoms with E-state index in [1.54, 1.807) is 23.0 Å². The van der Waals surface area contributed by atoms with Crippen molar-refractivity contribution in [3.05, 3.63) is 59.0 Å². The maximum absolute atomic E-state index is 12.0. The van der Waals surface area contributed by atoms with Gasteiger partial charge in [-0.15, -0.1) is 0 Å². The zero-order valence-corrected chi connectivity index (χ0v) is 15.7. The standard InChI is InChI=1S/C20H15ClN6O/c1-11-12-4-2-3-5-13(12)24-18(21)17(11)19-22-7-6-14(25-19)15-10-16-20(28)23-8-9-27(16)26-15/h2-7,10H,8-9H2,1H3,(H,23,28). The quantitative estimate of drug-likeness (QED) is 0.531. The van der Waals surface area contributed by atoms with Crippen LogP contribution in [0.2, 0.25) is 5.15 Å². The summed E-state index contributed by atoms with van der Waals surface area (Å²) in [6.45, 7) is 3.19. The maximum atomic E-state index is 12.0. The third kappa shape index (κ3) is 2.63. The topological polar surface area (TPSA) is 85.6 Å². The minimum Gasteiger partial charge on any atom is -0.349 e. The average molecular weight is 391 g/mol. The van der Waals surface area contributed by atoms with E-state index in [2.05, 4.69) is 25.4 Å². The number of aryl methyl sites for hydroxylation is 1. The zero-order chi connectivity index (χ0) is 19.3. The van der Waals surface area contributed by atoms with Crippen molar-refractivity contribution in [2.24, 2.45) is 0 Å². The molecular formula is C20H15ClN6O. The van der Waals surface area contributed by atoms with Crippen molar-refractivity contribution in [1.82, 2.24) is 30.0 Å². The van der Waals surface area contributed by atoms with Crippen molar-refractivity contribution in [2.45, 2.75) is 13.5 Å². The highest BCUT2D eigenvalue weighted by Crippen LogP contribution is 2.33. The minimum atomic E-state index is -0.128. The zero-order valence-electron chi connectivity index (χ0n) is 15.0. The molecule has 1 aliphatic heterocycles. The Morgan fingerprint density at radius 1 is 1.14 bits per heavy atom. The molecule has 1 aliphatic rings. The van der Waals surface area contributed by atoms with Gasteiger partial charge in [-0.25, -0.2) is 15.0 Å². The minimum absolute atomic E-state index is 0.128. The molecule has 0 bridgehead atoms. The number of amides is 1. The van der Waals surface area contributed by atoms with Gasteiger partial charge in [0.15, 0.2) is 5.82 Å². The molecule has 0 saturated carbocycles. The number of nitrogens with one attached hydrogen (secondary N) is 1. The lowest BCUT2D eigenvalue weighted by Crippen LogP contribution is -2.35. The number of aromatic nitrogens is 5. The number of hydrogen-bond donors (Lipinski definition) is 1. The van der Waals surface area contributed by atoms with Crippen LogP contribution in [0.15, 0.2) is 42.6 Å². The normalized spacial score (nSPS) is 13.4. The van der Waals surface area contributed by atoms with Crippen LogP contribution in [0, 0.1) is 6.92 Å². The monoisotopic (exact) mass is 390 g/mol. The molecule has 0 radical (unpaired) electrons. The number of carbonyl (C=O) groups is 1. The highest BCUT2D eigenvalue weighted by atomic mass is 35.5. The van der Waals surface area contributed by atoms with Crippen LogP contribution in [0.3, 0.4) is 0 Å². The molecule has 1 amide bonds. The van der Waals surface area contributed by atoms with Gasteiger partial charge < -0.3 is 5.32 Å². The summed E-state index contributed by atoms with van der Waals surface area (Å²) in [6.07, 6.45) is 1.67. The predicted molar refractivity (Wildman–Crippen MR) is 106 cm³/mol. The fourth-order valence-electron chi connectivity index (χ4n) is 3.48. The van der Waals surface area contributed by atoms with Crippen LogP contribution in [-0.2, 0) is 6.54 Å². The van der Waals surface area contributed by atoms with Gasteiger partial charge in [-0.2, -0.15) is 5.10 Å². The summed E-state index contributed by atoms with van der Waals surface area (Å²) in [4.78, 5) is 25.6. The molecular weight excluding hydrogens is 376 g/mol. The van der Waals surface area contributed by atoms with E-state index in [-0.39, 0.29) is 5.91 Å². The summed E-state index contributed by atoms with van der Waals surface area (Å²) in [5, 5.41) is 8.69. The Kier molecular flexibility index (Phi) is 3.84. The Labute approximate surface area is 165 Å². The summed E-state index contributed by atoms with van der Waals surface area (Å²) >= 11 is 6.48. The van der Waals surface area contributed by atoms with Gasteiger partial charge in [-0.1, -0.05) is 29.8 Å². The van der Waals surface area contributed by atoms with Crippen LogP contribution < -0.4 is 5.32 Å². The van der Waals surface area contributed by atoms with Crippen LogP contribution in [-0.4, -0.2) is 37.2 Å². The Bertz CT molecular complexity index is 1250. The molecule has 1 aromatic carbocycles. The Morgan fingerprint density at radius 2 is 2.00 bits per heavy atom. The Hall–Kier alpha value is -3.32. The highest BCUT2D eigenvalue weighted by molar-refractivity contribution is 6.32. The smallest absolute Gasteiger partial charge is 0.269 e. The molecule has 0 spiro atoms. The first-order chi connectivity index (χ1) is 13.6. The van der Waals surface area contributed by atoms with Crippen LogP contribution in [0.1, 0.15) is 16.1 Å². The molecule has 3 aromatic heterocycles. The van der Waals surface area contributed by atoms with E-state index in [9.17, 15) is 4.79 Å². The molecule has 7 nitrogen and oxygen atoms in total. The summed E-state index contributed by atoms with van der Waals surface area (Å²) in [5.74, 6) is 0.352. The molecule has 0 unspecified atom stereocenters. The molecule has 28 heavy (non-hydrogen) atoms. The molecule has 0 fully saturated rings. The van der Waals surface area contributed by atoms with Crippen molar-refractivity contribution in [3.63, 3.8) is 0 Å². The lowest BCUT2D eigenvalue weighted by Gasteiger charge is -2.13. The van der Waals surface area contributed by atoms with Crippen LogP contribution in [0.5, 0.6) is 0 Å². The van der Waals surface area contributed by atoms with E-state index in [4.69, 9.17) is 11.6 Å². The molecule has 4 aromatic rings. The lowest BCUT2D eigenvalue weighted by molar-refractivity contribution is 0.0924. The van der Waals surface area contributed by atoms with Crippen LogP contribution in [0.25, 0.3) is 33.7 Å². The number of fused-ring (bicyclic) bond motifs is 2.